The molecule has 2 atom stereocenters. The van der Waals surface area contributed by atoms with Crippen molar-refractivity contribution in [3.63, 3.8) is 0 Å². The Hall–Kier alpha value is -0.380. The van der Waals surface area contributed by atoms with E-state index in [1.807, 2.05) is 11.8 Å². The molecule has 4 heteroatoms. The molecule has 1 fully saturated rings. The van der Waals surface area contributed by atoms with Crippen molar-refractivity contribution in [3.8, 4) is 0 Å². The maximum atomic E-state index is 10.9. The number of nitrogens with one attached hydrogen (secondary N) is 2. The lowest BCUT2D eigenvalue weighted by atomic mass is 10.1. The van der Waals surface area contributed by atoms with Crippen molar-refractivity contribution in [1.82, 2.24) is 10.6 Å². The van der Waals surface area contributed by atoms with E-state index in [0.717, 1.165) is 11.5 Å². The quantitative estimate of drug-likeness (QED) is 0.613. The zero-order valence-electron chi connectivity index (χ0n) is 6.89. The van der Waals surface area contributed by atoms with Gasteiger partial charge in [-0.2, -0.15) is 11.8 Å². The summed E-state index contributed by atoms with van der Waals surface area (Å²) in [6, 6.07) is 0.296. The molecular formula is C7H14N2OS. The number of amides is 2. The summed E-state index contributed by atoms with van der Waals surface area (Å²) in [7, 11) is 1.64. The maximum absolute atomic E-state index is 10.9. The lowest BCUT2D eigenvalue weighted by Gasteiger charge is -2.15. The van der Waals surface area contributed by atoms with Gasteiger partial charge < -0.3 is 10.6 Å². The molecule has 0 aromatic heterocycles. The first-order chi connectivity index (χ1) is 5.24. The minimum atomic E-state index is -0.0654. The minimum Gasteiger partial charge on any atom is -0.341 e. The third kappa shape index (κ3) is 2.29. The van der Waals surface area contributed by atoms with Gasteiger partial charge in [-0.15, -0.1) is 0 Å². The fourth-order valence-electron chi connectivity index (χ4n) is 1.09. The van der Waals surface area contributed by atoms with Gasteiger partial charge in [0.05, 0.1) is 0 Å². The highest BCUT2D eigenvalue weighted by Gasteiger charge is 2.24. The minimum absolute atomic E-state index is 0.0654. The Morgan fingerprint density at radius 2 is 2.27 bits per heavy atom. The van der Waals surface area contributed by atoms with E-state index in [2.05, 4.69) is 17.6 Å². The van der Waals surface area contributed by atoms with Crippen LogP contribution in [-0.2, 0) is 0 Å². The second kappa shape index (κ2) is 3.85. The van der Waals surface area contributed by atoms with Gasteiger partial charge in [-0.05, 0) is 11.7 Å². The van der Waals surface area contributed by atoms with Gasteiger partial charge in [0.1, 0.15) is 0 Å². The summed E-state index contributed by atoms with van der Waals surface area (Å²) in [6.45, 7) is 2.17. The van der Waals surface area contributed by atoms with Gasteiger partial charge in [0.25, 0.3) is 0 Å². The standard InChI is InChI=1S/C7H14N2OS/c1-5-3-11-4-6(5)9-7(10)8-2/h5-6H,3-4H2,1-2H3,(H2,8,9,10). The number of urea groups is 1. The van der Waals surface area contributed by atoms with E-state index in [0.29, 0.717) is 12.0 Å². The number of hydrogen-bond acceptors (Lipinski definition) is 2. The van der Waals surface area contributed by atoms with Crippen molar-refractivity contribution in [2.75, 3.05) is 18.6 Å². The molecular weight excluding hydrogens is 160 g/mol. The fraction of sp³-hybridized carbons (Fsp3) is 0.857. The van der Waals surface area contributed by atoms with Crippen LogP contribution in [0, 0.1) is 5.92 Å². The summed E-state index contributed by atoms with van der Waals surface area (Å²) in [5.74, 6) is 2.82. The van der Waals surface area contributed by atoms with Crippen LogP contribution in [0.1, 0.15) is 6.92 Å². The number of thioether (sulfide) groups is 1. The van der Waals surface area contributed by atoms with Gasteiger partial charge in [0.2, 0.25) is 0 Å². The molecule has 0 radical (unpaired) electrons. The third-order valence-electron chi connectivity index (χ3n) is 1.91. The molecule has 1 aliphatic heterocycles. The van der Waals surface area contributed by atoms with E-state index in [-0.39, 0.29) is 6.03 Å². The van der Waals surface area contributed by atoms with Gasteiger partial charge in [-0.25, -0.2) is 4.79 Å². The van der Waals surface area contributed by atoms with Crippen LogP contribution in [-0.4, -0.2) is 30.6 Å². The monoisotopic (exact) mass is 174 g/mol. The molecule has 1 rings (SSSR count). The van der Waals surface area contributed by atoms with E-state index in [1.165, 1.54) is 0 Å². The van der Waals surface area contributed by atoms with Crippen LogP contribution < -0.4 is 10.6 Å². The Bertz CT molecular complexity index is 151. The van der Waals surface area contributed by atoms with Crippen LogP contribution in [0.4, 0.5) is 4.79 Å². The van der Waals surface area contributed by atoms with Crippen LogP contribution in [0.5, 0.6) is 0 Å². The molecule has 1 aliphatic rings. The van der Waals surface area contributed by atoms with Crippen molar-refractivity contribution >= 4 is 17.8 Å². The average Bonchev–Trinajstić information content (AvgIpc) is 2.37. The molecule has 1 heterocycles. The first kappa shape index (κ1) is 8.71. The lowest BCUT2D eigenvalue weighted by molar-refractivity contribution is 0.237. The number of rotatable bonds is 1. The Balaban J connectivity index is 2.30. The molecule has 2 unspecified atom stereocenters. The highest BCUT2D eigenvalue weighted by molar-refractivity contribution is 7.99. The first-order valence-corrected chi connectivity index (χ1v) is 4.95. The van der Waals surface area contributed by atoms with Gasteiger partial charge in [-0.3, -0.25) is 0 Å². The summed E-state index contributed by atoms with van der Waals surface area (Å²) in [6.07, 6.45) is 0. The predicted octanol–water partition coefficient (Wildman–Crippen LogP) is 0.667. The summed E-state index contributed by atoms with van der Waals surface area (Å²) >= 11 is 1.90. The molecule has 0 aromatic rings. The zero-order chi connectivity index (χ0) is 8.27. The second-order valence-corrected chi connectivity index (χ2v) is 3.92. The van der Waals surface area contributed by atoms with Crippen LogP contribution in [0.3, 0.4) is 0 Å². The highest BCUT2D eigenvalue weighted by atomic mass is 32.2. The van der Waals surface area contributed by atoms with Crippen molar-refractivity contribution in [2.45, 2.75) is 13.0 Å². The van der Waals surface area contributed by atoms with Gasteiger partial charge in [-0.1, -0.05) is 6.92 Å². The Kier molecular flexibility index (Phi) is 3.05. The van der Waals surface area contributed by atoms with Crippen LogP contribution in [0.25, 0.3) is 0 Å². The molecule has 2 N–H and O–H groups in total. The van der Waals surface area contributed by atoms with Crippen molar-refractivity contribution in [3.05, 3.63) is 0 Å². The number of carbonyl (C=O) groups is 1. The molecule has 3 nitrogen and oxygen atoms in total. The van der Waals surface area contributed by atoms with Crippen LogP contribution >= 0.6 is 11.8 Å². The largest absolute Gasteiger partial charge is 0.341 e. The molecule has 11 heavy (non-hydrogen) atoms. The molecule has 64 valence electrons. The predicted molar refractivity (Wildman–Crippen MR) is 47.9 cm³/mol. The Morgan fingerprint density at radius 3 is 2.73 bits per heavy atom. The van der Waals surface area contributed by atoms with Crippen LogP contribution in [0.2, 0.25) is 0 Å². The van der Waals surface area contributed by atoms with Crippen molar-refractivity contribution < 1.29 is 4.79 Å². The van der Waals surface area contributed by atoms with E-state index < -0.39 is 0 Å². The Labute approximate surface area is 71.3 Å². The topological polar surface area (TPSA) is 41.1 Å². The zero-order valence-corrected chi connectivity index (χ0v) is 7.70. The maximum Gasteiger partial charge on any atom is 0.314 e. The van der Waals surface area contributed by atoms with Crippen molar-refractivity contribution in [1.29, 1.82) is 0 Å². The van der Waals surface area contributed by atoms with E-state index in [1.54, 1.807) is 7.05 Å². The molecule has 0 spiro atoms. The lowest BCUT2D eigenvalue weighted by Crippen LogP contribution is -2.43. The van der Waals surface area contributed by atoms with Gasteiger partial charge in [0, 0.05) is 18.8 Å². The smallest absolute Gasteiger partial charge is 0.314 e. The van der Waals surface area contributed by atoms with Gasteiger partial charge >= 0.3 is 6.03 Å². The summed E-state index contributed by atoms with van der Waals surface area (Å²) in [4.78, 5) is 10.9. The SMILES string of the molecule is CNC(=O)NC1CSCC1C. The first-order valence-electron chi connectivity index (χ1n) is 3.80. The van der Waals surface area contributed by atoms with Crippen LogP contribution in [0.15, 0.2) is 0 Å². The summed E-state index contributed by atoms with van der Waals surface area (Å²) in [5.41, 5.74) is 0. The van der Waals surface area contributed by atoms with Gasteiger partial charge in [0.15, 0.2) is 0 Å². The molecule has 1 saturated heterocycles. The van der Waals surface area contributed by atoms with Crippen molar-refractivity contribution in [2.24, 2.45) is 5.92 Å². The molecule has 2 amide bonds. The Morgan fingerprint density at radius 1 is 1.55 bits per heavy atom. The second-order valence-electron chi connectivity index (χ2n) is 2.84. The van der Waals surface area contributed by atoms with E-state index >= 15 is 0 Å². The molecule has 0 bridgehead atoms. The number of hydrogen-bond donors (Lipinski definition) is 2. The highest BCUT2D eigenvalue weighted by Crippen LogP contribution is 2.23. The van der Waals surface area contributed by atoms with E-state index in [9.17, 15) is 4.79 Å². The normalized spacial score (nSPS) is 30.0. The number of carbonyl (C=O) groups excluding carboxylic acids is 1. The third-order valence-corrected chi connectivity index (χ3v) is 3.26. The summed E-state index contributed by atoms with van der Waals surface area (Å²) < 4.78 is 0. The average molecular weight is 174 g/mol. The molecule has 0 aromatic carbocycles. The fourth-order valence-corrected chi connectivity index (χ4v) is 2.49. The molecule has 0 aliphatic carbocycles. The summed E-state index contributed by atoms with van der Waals surface area (Å²) in [5, 5.41) is 5.46. The molecule has 0 saturated carbocycles. The van der Waals surface area contributed by atoms with E-state index in [4.69, 9.17) is 0 Å².